The van der Waals surface area contributed by atoms with Crippen molar-refractivity contribution >= 4 is 0 Å². The molecule has 0 atom stereocenters. The average molecular weight is 211 g/mol. The number of rotatable bonds is 1. The van der Waals surface area contributed by atoms with Crippen molar-refractivity contribution in [1.29, 1.82) is 0 Å². The lowest BCUT2D eigenvalue weighted by Crippen LogP contribution is -2.73. The summed E-state index contributed by atoms with van der Waals surface area (Å²) in [5.74, 6) is 0. The Balaban J connectivity index is 2.13. The Hall–Kier alpha value is -0.0800. The van der Waals surface area contributed by atoms with Gasteiger partial charge in [0.2, 0.25) is 0 Å². The lowest BCUT2D eigenvalue weighted by molar-refractivity contribution is -0.223. The predicted molar refractivity (Wildman–Crippen MR) is 62.8 cm³/mol. The monoisotopic (exact) mass is 211 g/mol. The summed E-state index contributed by atoms with van der Waals surface area (Å²) in [6.07, 6.45) is 3.89. The lowest BCUT2D eigenvalue weighted by Gasteiger charge is -2.65. The van der Waals surface area contributed by atoms with Gasteiger partial charge in [-0.1, -0.05) is 34.1 Å². The van der Waals surface area contributed by atoms with E-state index in [0.717, 1.165) is 0 Å². The smallest absolute Gasteiger partial charge is 0.0672 e. The molecule has 2 fully saturated rings. The van der Waals surface area contributed by atoms with Gasteiger partial charge >= 0.3 is 0 Å². The van der Waals surface area contributed by atoms with E-state index in [2.05, 4.69) is 32.6 Å². The Morgan fingerprint density at radius 1 is 0.933 bits per heavy atom. The Labute approximate surface area is 93.7 Å². The molecule has 0 unspecified atom stereocenters. The molecular formula is C13H25NO. The van der Waals surface area contributed by atoms with Crippen LogP contribution >= 0.6 is 0 Å². The minimum absolute atomic E-state index is 0.0703. The topological polar surface area (TPSA) is 23.5 Å². The van der Waals surface area contributed by atoms with Crippen molar-refractivity contribution in [1.82, 2.24) is 4.90 Å². The Morgan fingerprint density at radius 3 is 1.87 bits per heavy atom. The molecule has 1 aliphatic carbocycles. The molecule has 2 heteroatoms. The minimum atomic E-state index is -0.156. The van der Waals surface area contributed by atoms with Gasteiger partial charge in [-0.15, -0.1) is 0 Å². The van der Waals surface area contributed by atoms with Gasteiger partial charge in [-0.2, -0.15) is 0 Å². The highest BCUT2D eigenvalue weighted by Gasteiger charge is 2.62. The molecule has 0 aromatic rings. The fraction of sp³-hybridized carbons (Fsp3) is 1.00. The Bertz CT molecular complexity index is 225. The number of likely N-dealkylation sites (tertiary alicyclic amines) is 1. The van der Waals surface area contributed by atoms with Crippen molar-refractivity contribution in [3.05, 3.63) is 0 Å². The maximum Gasteiger partial charge on any atom is 0.0672 e. The number of hydrogen-bond acceptors (Lipinski definition) is 2. The first-order valence-corrected chi connectivity index (χ1v) is 6.30. The number of nitrogens with zero attached hydrogens (tertiary/aromatic N) is 1. The lowest BCUT2D eigenvalue weighted by atomic mass is 9.49. The van der Waals surface area contributed by atoms with Crippen LogP contribution in [0.25, 0.3) is 0 Å². The Morgan fingerprint density at radius 2 is 1.40 bits per heavy atom. The number of hydrogen-bond donors (Lipinski definition) is 1. The van der Waals surface area contributed by atoms with Gasteiger partial charge in [0, 0.05) is 16.9 Å². The molecule has 0 aromatic heterocycles. The van der Waals surface area contributed by atoms with E-state index in [4.69, 9.17) is 0 Å². The van der Waals surface area contributed by atoms with Crippen molar-refractivity contribution < 1.29 is 5.11 Å². The quantitative estimate of drug-likeness (QED) is 0.719. The van der Waals surface area contributed by atoms with Crippen LogP contribution in [0, 0.1) is 10.8 Å². The van der Waals surface area contributed by atoms with E-state index in [9.17, 15) is 5.11 Å². The minimum Gasteiger partial charge on any atom is -0.392 e. The summed E-state index contributed by atoms with van der Waals surface area (Å²) in [4.78, 5) is 2.61. The molecule has 2 aliphatic rings. The second kappa shape index (κ2) is 3.46. The van der Waals surface area contributed by atoms with Crippen molar-refractivity contribution in [3.63, 3.8) is 0 Å². The molecule has 0 bridgehead atoms. The summed E-state index contributed by atoms with van der Waals surface area (Å²) in [7, 11) is 0. The van der Waals surface area contributed by atoms with Gasteiger partial charge < -0.3 is 5.11 Å². The van der Waals surface area contributed by atoms with E-state index in [1.54, 1.807) is 0 Å². The maximum absolute atomic E-state index is 10.2. The van der Waals surface area contributed by atoms with Crippen LogP contribution < -0.4 is 0 Å². The fourth-order valence-corrected chi connectivity index (χ4v) is 4.24. The first-order chi connectivity index (χ1) is 6.88. The summed E-state index contributed by atoms with van der Waals surface area (Å²) in [6.45, 7) is 11.3. The fourth-order valence-electron chi connectivity index (χ4n) is 4.24. The molecule has 0 amide bonds. The zero-order valence-electron chi connectivity index (χ0n) is 10.6. The van der Waals surface area contributed by atoms with Crippen LogP contribution in [0.2, 0.25) is 0 Å². The molecule has 1 saturated carbocycles. The third-order valence-corrected chi connectivity index (χ3v) is 4.57. The standard InChI is InChI=1S/C13H25NO/c1-12(2)10(13(3,4)11(12)15)14-8-6-5-7-9-14/h10-11,15H,5-9H2,1-4H3. The van der Waals surface area contributed by atoms with E-state index in [1.807, 2.05) is 0 Å². The molecule has 15 heavy (non-hydrogen) atoms. The van der Waals surface area contributed by atoms with Crippen LogP contribution in [0.4, 0.5) is 0 Å². The van der Waals surface area contributed by atoms with E-state index in [1.165, 1.54) is 32.4 Å². The predicted octanol–water partition coefficient (Wildman–Crippen LogP) is 2.27. The van der Waals surface area contributed by atoms with Crippen LogP contribution in [0.1, 0.15) is 47.0 Å². The second-order valence-corrected chi connectivity index (χ2v) is 6.54. The van der Waals surface area contributed by atoms with Gasteiger partial charge in [0.25, 0.3) is 0 Å². The van der Waals surface area contributed by atoms with E-state index in [-0.39, 0.29) is 16.9 Å². The molecule has 1 saturated heterocycles. The maximum atomic E-state index is 10.2. The first-order valence-electron chi connectivity index (χ1n) is 6.30. The molecule has 0 aromatic carbocycles. The van der Waals surface area contributed by atoms with E-state index >= 15 is 0 Å². The van der Waals surface area contributed by atoms with E-state index < -0.39 is 0 Å². The van der Waals surface area contributed by atoms with Gasteiger partial charge in [-0.05, 0) is 25.9 Å². The van der Waals surface area contributed by atoms with Gasteiger partial charge in [0.15, 0.2) is 0 Å². The molecule has 1 heterocycles. The number of aliphatic hydroxyl groups is 1. The summed E-state index contributed by atoms with van der Waals surface area (Å²) in [5, 5.41) is 10.2. The molecular weight excluding hydrogens is 186 g/mol. The second-order valence-electron chi connectivity index (χ2n) is 6.54. The molecule has 2 nitrogen and oxygen atoms in total. The van der Waals surface area contributed by atoms with Crippen LogP contribution in [0.5, 0.6) is 0 Å². The highest BCUT2D eigenvalue weighted by Crippen LogP contribution is 2.56. The summed E-state index contributed by atoms with van der Waals surface area (Å²) in [6, 6.07) is 0.556. The first kappa shape index (κ1) is 11.4. The van der Waals surface area contributed by atoms with Gasteiger partial charge in [0.1, 0.15) is 0 Å². The zero-order valence-corrected chi connectivity index (χ0v) is 10.6. The van der Waals surface area contributed by atoms with Crippen molar-refractivity contribution in [2.75, 3.05) is 13.1 Å². The van der Waals surface area contributed by atoms with Crippen LogP contribution in [0.15, 0.2) is 0 Å². The molecule has 0 radical (unpaired) electrons. The average Bonchev–Trinajstić information content (AvgIpc) is 2.17. The summed E-state index contributed by atoms with van der Waals surface area (Å²) < 4.78 is 0. The molecule has 1 N–H and O–H groups in total. The molecule has 1 aliphatic heterocycles. The van der Waals surface area contributed by atoms with Crippen molar-refractivity contribution in [2.24, 2.45) is 10.8 Å². The van der Waals surface area contributed by atoms with Crippen LogP contribution in [0.3, 0.4) is 0 Å². The number of aliphatic hydroxyl groups excluding tert-OH is 1. The van der Waals surface area contributed by atoms with Crippen molar-refractivity contribution in [3.8, 4) is 0 Å². The van der Waals surface area contributed by atoms with Gasteiger partial charge in [0.05, 0.1) is 6.10 Å². The van der Waals surface area contributed by atoms with E-state index in [0.29, 0.717) is 6.04 Å². The number of piperidine rings is 1. The molecule has 0 spiro atoms. The van der Waals surface area contributed by atoms with Gasteiger partial charge in [-0.3, -0.25) is 4.90 Å². The highest BCUT2D eigenvalue weighted by molar-refractivity contribution is 5.14. The third-order valence-electron chi connectivity index (χ3n) is 4.57. The normalized spacial score (nSPS) is 39.8. The van der Waals surface area contributed by atoms with Crippen LogP contribution in [-0.4, -0.2) is 35.2 Å². The molecule has 88 valence electrons. The van der Waals surface area contributed by atoms with Crippen molar-refractivity contribution in [2.45, 2.75) is 59.1 Å². The molecule has 2 rings (SSSR count). The van der Waals surface area contributed by atoms with Gasteiger partial charge in [-0.25, -0.2) is 0 Å². The summed E-state index contributed by atoms with van der Waals surface area (Å²) in [5.41, 5.74) is 0.141. The largest absolute Gasteiger partial charge is 0.392 e. The SMILES string of the molecule is CC1(C)C(O)C(C)(C)C1N1CCCCC1. The third kappa shape index (κ3) is 1.53. The van der Waals surface area contributed by atoms with Crippen LogP contribution in [-0.2, 0) is 0 Å². The highest BCUT2D eigenvalue weighted by atomic mass is 16.3. The summed E-state index contributed by atoms with van der Waals surface area (Å²) >= 11 is 0. The zero-order chi connectivity index (χ0) is 11.3. The Kier molecular flexibility index (Phi) is 2.63.